The van der Waals surface area contributed by atoms with Crippen molar-refractivity contribution in [3.05, 3.63) is 58.9 Å². The molecular weight excluding hydrogens is 425 g/mol. The van der Waals surface area contributed by atoms with Gasteiger partial charge in [-0.15, -0.1) is 11.8 Å². The first-order valence-corrected chi connectivity index (χ1v) is 11.4. The second-order valence-corrected chi connectivity index (χ2v) is 8.58. The highest BCUT2D eigenvalue weighted by molar-refractivity contribution is 7.98. The molecule has 2 aromatic rings. The molecule has 160 valence electrons. The average molecular weight is 450 g/mol. The van der Waals surface area contributed by atoms with Crippen LogP contribution in [-0.4, -0.2) is 42.6 Å². The van der Waals surface area contributed by atoms with Crippen molar-refractivity contribution in [1.29, 1.82) is 0 Å². The molecule has 3 rings (SSSR count). The third-order valence-electron chi connectivity index (χ3n) is 5.23. The number of hydrogen-bond donors (Lipinski definition) is 2. The zero-order valence-corrected chi connectivity index (χ0v) is 18.4. The van der Waals surface area contributed by atoms with Crippen LogP contribution in [0.1, 0.15) is 18.4 Å². The number of rotatable bonds is 6. The number of halogens is 2. The number of nitrogens with zero attached hydrogens (tertiary/aromatic N) is 1. The van der Waals surface area contributed by atoms with E-state index in [1.165, 1.54) is 22.6 Å². The maximum atomic E-state index is 13.2. The summed E-state index contributed by atoms with van der Waals surface area (Å²) in [6, 6.07) is 12.2. The molecule has 1 fully saturated rings. The third-order valence-corrected chi connectivity index (χ3v) is 6.36. The number of piperidine rings is 1. The van der Waals surface area contributed by atoms with E-state index in [1.807, 2.05) is 0 Å². The first-order chi connectivity index (χ1) is 14.5. The van der Waals surface area contributed by atoms with Crippen LogP contribution in [-0.2, 0) is 16.1 Å². The third kappa shape index (κ3) is 6.20. The largest absolute Gasteiger partial charge is 0.348 e. The lowest BCUT2D eigenvalue weighted by Gasteiger charge is -2.32. The van der Waals surface area contributed by atoms with Gasteiger partial charge in [-0.3, -0.25) is 14.5 Å². The predicted octanol–water partition coefficient (Wildman–Crippen LogP) is 4.17. The SMILES string of the molecule is CSc1ccccc1CN1CCC(CNC(=O)C(=O)Nc2ccc(F)c(Cl)c2)CC1. The molecular formula is C22H25ClFN3O2S. The van der Waals surface area contributed by atoms with Gasteiger partial charge >= 0.3 is 11.8 Å². The Morgan fingerprint density at radius 1 is 1.17 bits per heavy atom. The van der Waals surface area contributed by atoms with Gasteiger partial charge in [-0.25, -0.2) is 4.39 Å². The van der Waals surface area contributed by atoms with E-state index in [9.17, 15) is 14.0 Å². The Morgan fingerprint density at radius 3 is 2.60 bits per heavy atom. The van der Waals surface area contributed by atoms with Crippen LogP contribution in [0.5, 0.6) is 0 Å². The van der Waals surface area contributed by atoms with Gasteiger partial charge in [0.2, 0.25) is 0 Å². The van der Waals surface area contributed by atoms with Gasteiger partial charge in [0.25, 0.3) is 0 Å². The number of hydrogen-bond acceptors (Lipinski definition) is 4. The number of carbonyl (C=O) groups is 2. The zero-order chi connectivity index (χ0) is 21.5. The van der Waals surface area contributed by atoms with E-state index >= 15 is 0 Å². The quantitative estimate of drug-likeness (QED) is 0.513. The number of benzene rings is 2. The smallest absolute Gasteiger partial charge is 0.313 e. The molecule has 8 heteroatoms. The van der Waals surface area contributed by atoms with E-state index in [0.717, 1.165) is 38.5 Å². The first-order valence-electron chi connectivity index (χ1n) is 9.84. The Balaban J connectivity index is 1.41. The lowest BCUT2D eigenvalue weighted by atomic mass is 9.96. The number of amides is 2. The molecule has 0 spiro atoms. The second kappa shape index (κ2) is 10.8. The molecule has 0 aliphatic carbocycles. The number of likely N-dealkylation sites (tertiary alicyclic amines) is 1. The fraction of sp³-hybridized carbons (Fsp3) is 0.364. The van der Waals surface area contributed by atoms with E-state index < -0.39 is 17.6 Å². The van der Waals surface area contributed by atoms with E-state index in [-0.39, 0.29) is 10.7 Å². The number of nitrogens with one attached hydrogen (secondary N) is 2. The number of anilines is 1. The Bertz CT molecular complexity index is 904. The minimum atomic E-state index is -0.788. The van der Waals surface area contributed by atoms with Gasteiger partial charge in [0.05, 0.1) is 5.02 Å². The van der Waals surface area contributed by atoms with Gasteiger partial charge in [0.1, 0.15) is 5.82 Å². The highest BCUT2D eigenvalue weighted by Gasteiger charge is 2.22. The summed E-state index contributed by atoms with van der Waals surface area (Å²) in [4.78, 5) is 27.8. The molecule has 1 heterocycles. The van der Waals surface area contributed by atoms with Gasteiger partial charge in [0, 0.05) is 23.7 Å². The number of carbonyl (C=O) groups excluding carboxylic acids is 2. The van der Waals surface area contributed by atoms with Gasteiger partial charge in [-0.05, 0) is 67.9 Å². The van der Waals surface area contributed by atoms with Crippen LogP contribution in [0.25, 0.3) is 0 Å². The van der Waals surface area contributed by atoms with Crippen LogP contribution in [0.15, 0.2) is 47.4 Å². The van der Waals surface area contributed by atoms with Crippen molar-refractivity contribution in [3.8, 4) is 0 Å². The molecule has 2 N–H and O–H groups in total. The van der Waals surface area contributed by atoms with Crippen LogP contribution in [0, 0.1) is 11.7 Å². The molecule has 0 unspecified atom stereocenters. The van der Waals surface area contributed by atoms with Crippen molar-refractivity contribution < 1.29 is 14.0 Å². The molecule has 2 aromatic carbocycles. The minimum absolute atomic E-state index is 0.111. The maximum Gasteiger partial charge on any atom is 0.313 e. The molecule has 0 saturated carbocycles. The van der Waals surface area contributed by atoms with Crippen molar-refractivity contribution >= 4 is 40.9 Å². The molecule has 30 heavy (non-hydrogen) atoms. The summed E-state index contributed by atoms with van der Waals surface area (Å²) in [5, 5.41) is 5.02. The topological polar surface area (TPSA) is 61.4 Å². The van der Waals surface area contributed by atoms with Crippen molar-refractivity contribution in [2.75, 3.05) is 31.2 Å². The first kappa shape index (κ1) is 22.6. The summed E-state index contributed by atoms with van der Waals surface area (Å²) in [6.07, 6.45) is 4.03. The summed E-state index contributed by atoms with van der Waals surface area (Å²) >= 11 is 7.45. The number of thioether (sulfide) groups is 1. The van der Waals surface area contributed by atoms with Crippen molar-refractivity contribution in [2.45, 2.75) is 24.3 Å². The molecule has 0 aromatic heterocycles. The Hall–Kier alpha value is -2.09. The normalized spacial score (nSPS) is 15.0. The molecule has 0 atom stereocenters. The Kier molecular flexibility index (Phi) is 8.13. The zero-order valence-electron chi connectivity index (χ0n) is 16.8. The van der Waals surface area contributed by atoms with Crippen LogP contribution in [0.4, 0.5) is 10.1 Å². The van der Waals surface area contributed by atoms with Gasteiger partial charge in [-0.2, -0.15) is 0 Å². The van der Waals surface area contributed by atoms with Gasteiger partial charge in [-0.1, -0.05) is 29.8 Å². The van der Waals surface area contributed by atoms with E-state index in [0.29, 0.717) is 12.5 Å². The molecule has 1 saturated heterocycles. The summed E-state index contributed by atoms with van der Waals surface area (Å²) in [7, 11) is 0. The molecule has 0 bridgehead atoms. The van der Waals surface area contributed by atoms with Crippen LogP contribution < -0.4 is 10.6 Å². The maximum absolute atomic E-state index is 13.2. The highest BCUT2D eigenvalue weighted by atomic mass is 35.5. The van der Waals surface area contributed by atoms with Crippen molar-refractivity contribution in [2.24, 2.45) is 5.92 Å². The molecule has 0 radical (unpaired) electrons. The van der Waals surface area contributed by atoms with E-state index in [4.69, 9.17) is 11.6 Å². The Morgan fingerprint density at radius 2 is 1.90 bits per heavy atom. The van der Waals surface area contributed by atoms with Crippen LogP contribution >= 0.6 is 23.4 Å². The van der Waals surface area contributed by atoms with Crippen molar-refractivity contribution in [3.63, 3.8) is 0 Å². The standard InChI is InChI=1S/C22H25ClFN3O2S/c1-30-20-5-3-2-4-16(20)14-27-10-8-15(9-11-27)13-25-21(28)22(29)26-17-6-7-19(24)18(23)12-17/h2-7,12,15H,8-11,13-14H2,1H3,(H,25,28)(H,26,29). The average Bonchev–Trinajstić information content (AvgIpc) is 2.76. The minimum Gasteiger partial charge on any atom is -0.348 e. The Labute approximate surface area is 185 Å². The van der Waals surface area contributed by atoms with Crippen molar-refractivity contribution in [1.82, 2.24) is 10.2 Å². The summed E-state index contributed by atoms with van der Waals surface area (Å²) in [6.45, 7) is 3.32. The summed E-state index contributed by atoms with van der Waals surface area (Å²) < 4.78 is 13.2. The van der Waals surface area contributed by atoms with E-state index in [1.54, 1.807) is 11.8 Å². The summed E-state index contributed by atoms with van der Waals surface area (Å²) in [5.74, 6) is -1.73. The van der Waals surface area contributed by atoms with Crippen LogP contribution in [0.2, 0.25) is 5.02 Å². The molecule has 1 aliphatic rings. The fourth-order valence-electron chi connectivity index (χ4n) is 3.50. The monoisotopic (exact) mass is 449 g/mol. The van der Waals surface area contributed by atoms with Gasteiger partial charge in [0.15, 0.2) is 0 Å². The van der Waals surface area contributed by atoms with Crippen LogP contribution in [0.3, 0.4) is 0 Å². The van der Waals surface area contributed by atoms with Gasteiger partial charge < -0.3 is 10.6 Å². The highest BCUT2D eigenvalue weighted by Crippen LogP contribution is 2.24. The van der Waals surface area contributed by atoms with E-state index in [2.05, 4.69) is 46.1 Å². The molecule has 1 aliphatic heterocycles. The molecule has 5 nitrogen and oxygen atoms in total. The fourth-order valence-corrected chi connectivity index (χ4v) is 4.29. The predicted molar refractivity (Wildman–Crippen MR) is 119 cm³/mol. The molecule has 2 amide bonds. The summed E-state index contributed by atoms with van der Waals surface area (Å²) in [5.41, 5.74) is 1.62. The second-order valence-electron chi connectivity index (χ2n) is 7.32. The lowest BCUT2D eigenvalue weighted by Crippen LogP contribution is -2.41. The lowest BCUT2D eigenvalue weighted by molar-refractivity contribution is -0.136.